The van der Waals surface area contributed by atoms with E-state index in [-0.39, 0.29) is 24.3 Å². The van der Waals surface area contributed by atoms with Crippen LogP contribution in [0.15, 0.2) is 36.8 Å². The van der Waals surface area contributed by atoms with Crippen LogP contribution < -0.4 is 15.4 Å². The fourth-order valence-electron chi connectivity index (χ4n) is 5.85. The van der Waals surface area contributed by atoms with Crippen molar-refractivity contribution < 1.29 is 19.3 Å². The van der Waals surface area contributed by atoms with Crippen LogP contribution in [0.1, 0.15) is 44.2 Å². The Hall–Kier alpha value is -3.25. The number of hydrogen-bond acceptors (Lipinski definition) is 10. The van der Waals surface area contributed by atoms with E-state index in [9.17, 15) is 5.11 Å². The third-order valence-electron chi connectivity index (χ3n) is 8.29. The molecular weight excluding hydrogens is 510 g/mol. The second-order valence-corrected chi connectivity index (χ2v) is 11.3. The molecule has 1 unspecified atom stereocenters. The minimum atomic E-state index is -1.07. The summed E-state index contributed by atoms with van der Waals surface area (Å²) in [5, 5.41) is 16.1. The zero-order valence-electron chi connectivity index (χ0n) is 23.3. The maximum Gasteiger partial charge on any atom is 0.263 e. The van der Waals surface area contributed by atoms with Crippen molar-refractivity contribution in [3.8, 4) is 22.9 Å². The second-order valence-electron chi connectivity index (χ2n) is 11.3. The molecule has 11 heteroatoms. The van der Waals surface area contributed by atoms with Gasteiger partial charge in [0.15, 0.2) is 11.6 Å². The molecular formula is C29H39N7O4. The molecule has 0 amide bonds. The van der Waals surface area contributed by atoms with Crippen LogP contribution in [-0.2, 0) is 15.1 Å². The van der Waals surface area contributed by atoms with Crippen molar-refractivity contribution in [3.63, 3.8) is 0 Å². The van der Waals surface area contributed by atoms with Gasteiger partial charge in [0.2, 0.25) is 0 Å². The highest BCUT2D eigenvalue weighted by Crippen LogP contribution is 2.37. The van der Waals surface area contributed by atoms with Gasteiger partial charge in [0.25, 0.3) is 5.88 Å². The van der Waals surface area contributed by atoms with Gasteiger partial charge in [-0.3, -0.25) is 4.68 Å². The Morgan fingerprint density at radius 3 is 2.73 bits per heavy atom. The largest absolute Gasteiger partial charge is 0.433 e. The molecule has 3 N–H and O–H groups in total. The summed E-state index contributed by atoms with van der Waals surface area (Å²) >= 11 is 0. The zero-order chi connectivity index (χ0) is 27.7. The number of rotatable bonds is 6. The number of piperidine rings is 1. The predicted molar refractivity (Wildman–Crippen MR) is 152 cm³/mol. The fourth-order valence-corrected chi connectivity index (χ4v) is 5.85. The number of likely N-dealkylation sites (tertiary alicyclic amines) is 1. The Bertz CT molecular complexity index is 1320. The summed E-state index contributed by atoms with van der Waals surface area (Å²) in [5.74, 6) is 1.00. The van der Waals surface area contributed by atoms with E-state index < -0.39 is 5.60 Å². The van der Waals surface area contributed by atoms with Crippen LogP contribution in [0.3, 0.4) is 0 Å². The highest BCUT2D eigenvalue weighted by Gasteiger charge is 2.34. The van der Waals surface area contributed by atoms with Crippen LogP contribution in [-0.4, -0.2) is 88.9 Å². The number of nitrogen functional groups attached to an aromatic ring is 1. The summed E-state index contributed by atoms with van der Waals surface area (Å²) in [6.45, 7) is 7.23. The Balaban J connectivity index is 1.31. The molecule has 0 bridgehead atoms. The molecule has 1 aromatic carbocycles. The maximum absolute atomic E-state index is 11.6. The van der Waals surface area contributed by atoms with E-state index in [1.807, 2.05) is 16.9 Å². The van der Waals surface area contributed by atoms with Crippen molar-refractivity contribution in [2.45, 2.75) is 50.3 Å². The number of nitrogens with zero attached hydrogens (tertiary/aromatic N) is 6. The fraction of sp³-hybridized carbons (Fsp3) is 0.552. The summed E-state index contributed by atoms with van der Waals surface area (Å²) in [4.78, 5) is 13.8. The van der Waals surface area contributed by atoms with Gasteiger partial charge >= 0.3 is 0 Å². The van der Waals surface area contributed by atoms with Gasteiger partial charge < -0.3 is 34.9 Å². The van der Waals surface area contributed by atoms with E-state index in [4.69, 9.17) is 24.9 Å². The zero-order valence-corrected chi connectivity index (χ0v) is 23.3. The van der Waals surface area contributed by atoms with Crippen LogP contribution in [0.25, 0.3) is 11.3 Å². The lowest BCUT2D eigenvalue weighted by atomic mass is 9.86. The Morgan fingerprint density at radius 1 is 1.10 bits per heavy atom. The number of aromatic nitrogens is 4. The van der Waals surface area contributed by atoms with Gasteiger partial charge in [-0.05, 0) is 76.5 Å². The summed E-state index contributed by atoms with van der Waals surface area (Å²) in [7, 11) is 2.14. The molecule has 3 aromatic rings. The van der Waals surface area contributed by atoms with Crippen LogP contribution >= 0.6 is 0 Å². The van der Waals surface area contributed by atoms with Crippen LogP contribution in [0.5, 0.6) is 11.6 Å². The Labute approximate surface area is 234 Å². The highest BCUT2D eigenvalue weighted by atomic mass is 16.5. The maximum atomic E-state index is 11.6. The van der Waals surface area contributed by atoms with Crippen molar-refractivity contribution in [2.75, 3.05) is 63.7 Å². The van der Waals surface area contributed by atoms with Crippen LogP contribution in [0.2, 0.25) is 0 Å². The summed E-state index contributed by atoms with van der Waals surface area (Å²) in [5.41, 5.74) is 8.37. The average molecular weight is 550 g/mol. The summed E-state index contributed by atoms with van der Waals surface area (Å²) in [6, 6.07) is 6.68. The lowest BCUT2D eigenvalue weighted by molar-refractivity contribution is -0.0902. The average Bonchev–Trinajstić information content (AvgIpc) is 3.43. The molecule has 2 aromatic heterocycles. The minimum absolute atomic E-state index is 0.201. The predicted octanol–water partition coefficient (Wildman–Crippen LogP) is 3.20. The van der Waals surface area contributed by atoms with E-state index in [1.165, 1.54) is 0 Å². The van der Waals surface area contributed by atoms with Crippen LogP contribution in [0, 0.1) is 0 Å². The van der Waals surface area contributed by atoms with Crippen LogP contribution in [0.4, 0.5) is 11.5 Å². The van der Waals surface area contributed by atoms with Gasteiger partial charge in [-0.1, -0.05) is 0 Å². The van der Waals surface area contributed by atoms with E-state index in [1.54, 1.807) is 12.4 Å². The van der Waals surface area contributed by atoms with Gasteiger partial charge in [-0.15, -0.1) is 0 Å². The molecule has 0 radical (unpaired) electrons. The second kappa shape index (κ2) is 11.3. The molecule has 3 fully saturated rings. The van der Waals surface area contributed by atoms with E-state index in [0.29, 0.717) is 43.7 Å². The molecule has 6 rings (SSSR count). The van der Waals surface area contributed by atoms with Gasteiger partial charge in [0, 0.05) is 30.4 Å². The first-order chi connectivity index (χ1) is 19.4. The van der Waals surface area contributed by atoms with Gasteiger partial charge in [0.05, 0.1) is 50.1 Å². The Morgan fingerprint density at radius 2 is 1.95 bits per heavy atom. The molecule has 0 aliphatic carbocycles. The van der Waals surface area contributed by atoms with Crippen molar-refractivity contribution in [2.24, 2.45) is 0 Å². The first-order valence-corrected chi connectivity index (χ1v) is 14.2. The minimum Gasteiger partial charge on any atom is -0.433 e. The van der Waals surface area contributed by atoms with E-state index >= 15 is 0 Å². The number of hydrogen-bond donors (Lipinski definition) is 2. The lowest BCUT2D eigenvalue weighted by Gasteiger charge is -2.37. The molecule has 214 valence electrons. The first-order valence-electron chi connectivity index (χ1n) is 14.2. The number of anilines is 2. The Kier molecular flexibility index (Phi) is 7.63. The van der Waals surface area contributed by atoms with E-state index in [0.717, 1.165) is 55.7 Å². The summed E-state index contributed by atoms with van der Waals surface area (Å²) < 4.78 is 19.4. The number of aliphatic hydroxyl groups is 1. The molecule has 0 spiro atoms. The molecule has 3 aliphatic heterocycles. The molecule has 0 saturated carbocycles. The van der Waals surface area contributed by atoms with Crippen molar-refractivity contribution in [1.29, 1.82) is 0 Å². The number of morpholine rings is 1. The smallest absolute Gasteiger partial charge is 0.263 e. The van der Waals surface area contributed by atoms with Crippen molar-refractivity contribution in [3.05, 3.63) is 42.4 Å². The lowest BCUT2D eigenvalue weighted by Crippen LogP contribution is -2.44. The monoisotopic (exact) mass is 549 g/mol. The molecule has 11 nitrogen and oxygen atoms in total. The van der Waals surface area contributed by atoms with Crippen molar-refractivity contribution >= 4 is 11.5 Å². The highest BCUT2D eigenvalue weighted by molar-refractivity contribution is 5.69. The van der Waals surface area contributed by atoms with Gasteiger partial charge in [-0.25, -0.2) is 9.97 Å². The third-order valence-corrected chi connectivity index (χ3v) is 8.29. The standard InChI is InChI=1S/C29H39N7O4/c1-20-18-38-11-9-35(20)24-13-21(12-22(14-24)29(37)6-3-10-39-19-29)26-16-31-27(30)28(33-26)40-25-15-32-36(17-25)23-4-7-34(2)8-5-23/h12-17,20,23,37H,3-11,18-19H2,1-2H3,(H2,30,31)/t20-,29?/m1/s1. The molecule has 5 heterocycles. The molecule has 2 atom stereocenters. The topological polar surface area (TPSA) is 124 Å². The van der Waals surface area contributed by atoms with Crippen molar-refractivity contribution in [1.82, 2.24) is 24.6 Å². The van der Waals surface area contributed by atoms with Gasteiger partial charge in [-0.2, -0.15) is 5.10 Å². The SMILES string of the molecule is C[C@@H]1COCCN1c1cc(-c2cnc(N)c(Oc3cnn(C4CCN(C)CC4)c3)n2)cc(C2(O)CCCOC2)c1. The summed E-state index contributed by atoms with van der Waals surface area (Å²) in [6.07, 6.45) is 8.79. The quantitative estimate of drug-likeness (QED) is 0.474. The molecule has 40 heavy (non-hydrogen) atoms. The van der Waals surface area contributed by atoms with Gasteiger partial charge in [0.1, 0.15) is 5.60 Å². The van der Waals surface area contributed by atoms with E-state index in [2.05, 4.69) is 46.0 Å². The third kappa shape index (κ3) is 5.64. The number of nitrogens with two attached hydrogens (primary N) is 1. The number of benzene rings is 1. The normalized spacial score (nSPS) is 24.8. The molecule has 3 saturated heterocycles. The molecule has 3 aliphatic rings. The first kappa shape index (κ1) is 26.9. The number of ether oxygens (including phenoxy) is 3.